The second kappa shape index (κ2) is 8.58. The first kappa shape index (κ1) is 21.8. The van der Waals surface area contributed by atoms with E-state index in [1.54, 1.807) is 9.21 Å². The predicted octanol–water partition coefficient (Wildman–Crippen LogP) is 2.47. The van der Waals surface area contributed by atoms with Crippen molar-refractivity contribution in [1.29, 1.82) is 0 Å². The fourth-order valence-electron chi connectivity index (χ4n) is 4.38. The Balaban J connectivity index is 1.49. The molecule has 1 N–H and O–H groups in total. The number of anilines is 1. The number of hydrogen-bond acceptors (Lipinski definition) is 5. The number of nitrogens with zero attached hydrogens (tertiary/aromatic N) is 5. The Morgan fingerprint density at radius 2 is 1.87 bits per heavy atom. The van der Waals surface area contributed by atoms with Crippen LogP contribution >= 0.6 is 0 Å². The van der Waals surface area contributed by atoms with E-state index >= 15 is 0 Å². The molecule has 0 radical (unpaired) electrons. The maximum atomic E-state index is 12.8. The minimum atomic E-state index is -3.32. The number of sulfonamides is 1. The molecule has 0 saturated carbocycles. The largest absolute Gasteiger partial charge is 0.322 e. The number of piperidine rings is 1. The normalized spacial score (nSPS) is 20.2. The van der Waals surface area contributed by atoms with Gasteiger partial charge in [0, 0.05) is 38.3 Å². The van der Waals surface area contributed by atoms with Crippen LogP contribution in [0.5, 0.6) is 0 Å². The van der Waals surface area contributed by atoms with Gasteiger partial charge in [-0.15, -0.1) is 10.2 Å². The highest BCUT2D eigenvalue weighted by atomic mass is 32.2. The van der Waals surface area contributed by atoms with Crippen LogP contribution < -0.4 is 5.32 Å². The Morgan fingerprint density at radius 3 is 2.61 bits per heavy atom. The number of rotatable bonds is 3. The number of urea groups is 1. The van der Waals surface area contributed by atoms with Crippen molar-refractivity contribution in [2.45, 2.75) is 52.1 Å². The van der Waals surface area contributed by atoms with Gasteiger partial charge in [0.25, 0.3) is 0 Å². The molecule has 9 nitrogen and oxygen atoms in total. The Labute approximate surface area is 183 Å². The molecule has 2 amide bonds. The molecule has 2 aliphatic heterocycles. The molecular weight excluding hydrogens is 416 g/mol. The first-order valence-electron chi connectivity index (χ1n) is 10.8. The van der Waals surface area contributed by atoms with Crippen LogP contribution in [0.2, 0.25) is 0 Å². The quantitative estimate of drug-likeness (QED) is 0.781. The van der Waals surface area contributed by atoms with Crippen LogP contribution in [-0.2, 0) is 23.0 Å². The molecule has 4 rings (SSSR count). The number of carbonyl (C=O) groups is 1. The summed E-state index contributed by atoms with van der Waals surface area (Å²) in [5.74, 6) is 1.49. The van der Waals surface area contributed by atoms with Crippen molar-refractivity contribution < 1.29 is 13.2 Å². The van der Waals surface area contributed by atoms with Gasteiger partial charge in [-0.05, 0) is 49.9 Å². The van der Waals surface area contributed by atoms with Gasteiger partial charge in [-0.3, -0.25) is 0 Å². The minimum Gasteiger partial charge on any atom is -0.322 e. The molecule has 31 heavy (non-hydrogen) atoms. The van der Waals surface area contributed by atoms with E-state index in [1.165, 1.54) is 11.8 Å². The van der Waals surface area contributed by atoms with Crippen molar-refractivity contribution in [3.05, 3.63) is 41.0 Å². The highest BCUT2D eigenvalue weighted by Crippen LogP contribution is 2.32. The molecule has 168 valence electrons. The van der Waals surface area contributed by atoms with Crippen molar-refractivity contribution in [2.75, 3.05) is 31.2 Å². The number of amides is 2. The molecule has 1 aromatic carbocycles. The van der Waals surface area contributed by atoms with Crippen molar-refractivity contribution >= 4 is 21.7 Å². The van der Waals surface area contributed by atoms with Gasteiger partial charge in [0.15, 0.2) is 5.82 Å². The molecule has 0 bridgehead atoms. The van der Waals surface area contributed by atoms with Crippen molar-refractivity contribution in [2.24, 2.45) is 0 Å². The van der Waals surface area contributed by atoms with Crippen LogP contribution in [0, 0.1) is 13.8 Å². The summed E-state index contributed by atoms with van der Waals surface area (Å²) in [5.41, 5.74) is 3.10. The third kappa shape index (κ3) is 4.59. The first-order chi connectivity index (χ1) is 14.7. The summed E-state index contributed by atoms with van der Waals surface area (Å²) in [7, 11) is -3.32. The third-order valence-corrected chi connectivity index (χ3v) is 7.57. The molecule has 0 aliphatic carbocycles. The van der Waals surface area contributed by atoms with Gasteiger partial charge in [0.2, 0.25) is 10.0 Å². The zero-order chi connectivity index (χ0) is 22.2. The molecule has 1 atom stereocenters. The zero-order valence-electron chi connectivity index (χ0n) is 18.3. The van der Waals surface area contributed by atoms with Gasteiger partial charge in [-0.1, -0.05) is 12.5 Å². The van der Waals surface area contributed by atoms with Crippen molar-refractivity contribution in [1.82, 2.24) is 24.0 Å². The minimum absolute atomic E-state index is 0.140. The summed E-state index contributed by atoms with van der Waals surface area (Å²) in [6.45, 7) is 6.17. The average molecular weight is 447 g/mol. The lowest BCUT2D eigenvalue weighted by Gasteiger charge is -2.33. The molecule has 1 unspecified atom stereocenters. The van der Waals surface area contributed by atoms with Gasteiger partial charge >= 0.3 is 6.03 Å². The average Bonchev–Trinajstić information content (AvgIpc) is 3.01. The van der Waals surface area contributed by atoms with E-state index in [1.807, 2.05) is 36.6 Å². The molecule has 2 aliphatic rings. The van der Waals surface area contributed by atoms with Crippen LogP contribution in [0.3, 0.4) is 0 Å². The lowest BCUT2D eigenvalue weighted by molar-refractivity contribution is 0.211. The topological polar surface area (TPSA) is 100 Å². The Bertz CT molecular complexity index is 1080. The summed E-state index contributed by atoms with van der Waals surface area (Å²) in [5, 5.41) is 11.7. The fraction of sp³-hybridized carbons (Fsp3) is 0.571. The highest BCUT2D eigenvalue weighted by Gasteiger charge is 2.35. The van der Waals surface area contributed by atoms with E-state index in [4.69, 9.17) is 0 Å². The summed E-state index contributed by atoms with van der Waals surface area (Å²) in [6.07, 6.45) is 4.39. The Hall–Kier alpha value is -2.46. The van der Waals surface area contributed by atoms with Crippen LogP contribution in [0.25, 0.3) is 0 Å². The lowest BCUT2D eigenvalue weighted by Crippen LogP contribution is -2.39. The van der Waals surface area contributed by atoms with Crippen LogP contribution in [0.4, 0.5) is 10.5 Å². The summed E-state index contributed by atoms with van der Waals surface area (Å²) in [4.78, 5) is 14.6. The molecule has 1 aromatic heterocycles. The van der Waals surface area contributed by atoms with Gasteiger partial charge in [-0.2, -0.15) is 4.31 Å². The van der Waals surface area contributed by atoms with Gasteiger partial charge in [0.1, 0.15) is 5.82 Å². The van der Waals surface area contributed by atoms with E-state index in [-0.39, 0.29) is 12.1 Å². The summed E-state index contributed by atoms with van der Waals surface area (Å²) >= 11 is 0. The number of nitrogens with one attached hydrogen (secondary N) is 1. The standard InChI is InChI=1S/C21H30N6O3S/c1-15-7-8-17(14-16(15)2)22-21(28)25-11-9-19-23-24-20(26(19)13-12-25)18-6-4-5-10-27(18)31(3,29)30/h7-8,14,18H,4-6,9-13H2,1-3H3,(H,22,28). The summed E-state index contributed by atoms with van der Waals surface area (Å²) < 4.78 is 28.1. The Morgan fingerprint density at radius 1 is 1.06 bits per heavy atom. The lowest BCUT2D eigenvalue weighted by atomic mass is 10.0. The molecule has 1 saturated heterocycles. The van der Waals surface area contributed by atoms with Crippen molar-refractivity contribution in [3.8, 4) is 0 Å². The predicted molar refractivity (Wildman–Crippen MR) is 118 cm³/mol. The van der Waals surface area contributed by atoms with Crippen LogP contribution in [0.15, 0.2) is 18.2 Å². The van der Waals surface area contributed by atoms with E-state index in [2.05, 4.69) is 15.5 Å². The zero-order valence-corrected chi connectivity index (χ0v) is 19.2. The maximum Gasteiger partial charge on any atom is 0.321 e. The smallest absolute Gasteiger partial charge is 0.321 e. The second-order valence-electron chi connectivity index (χ2n) is 8.48. The fourth-order valence-corrected chi connectivity index (χ4v) is 5.50. The first-order valence-corrected chi connectivity index (χ1v) is 12.6. The van der Waals surface area contributed by atoms with Crippen LogP contribution in [-0.4, -0.2) is 64.3 Å². The van der Waals surface area contributed by atoms with E-state index in [0.29, 0.717) is 38.4 Å². The van der Waals surface area contributed by atoms with Crippen molar-refractivity contribution in [3.63, 3.8) is 0 Å². The SMILES string of the molecule is Cc1ccc(NC(=O)N2CCc3nnc(C4CCCCN4S(C)(=O)=O)n3CC2)cc1C. The number of hydrogen-bond donors (Lipinski definition) is 1. The van der Waals surface area contributed by atoms with Crippen LogP contribution in [0.1, 0.15) is 48.1 Å². The van der Waals surface area contributed by atoms with Gasteiger partial charge in [-0.25, -0.2) is 13.2 Å². The molecular formula is C21H30N6O3S. The molecule has 0 spiro atoms. The molecule has 10 heteroatoms. The van der Waals surface area contributed by atoms with E-state index < -0.39 is 10.0 Å². The van der Waals surface area contributed by atoms with Gasteiger partial charge in [0.05, 0.1) is 12.3 Å². The third-order valence-electron chi connectivity index (χ3n) is 6.28. The number of aryl methyl sites for hydroxylation is 2. The number of carbonyl (C=O) groups excluding carboxylic acids is 1. The Kier molecular flexibility index (Phi) is 6.02. The number of benzene rings is 1. The van der Waals surface area contributed by atoms with E-state index in [9.17, 15) is 13.2 Å². The second-order valence-corrected chi connectivity index (χ2v) is 10.4. The van der Waals surface area contributed by atoms with E-state index in [0.717, 1.165) is 36.3 Å². The maximum absolute atomic E-state index is 12.8. The summed E-state index contributed by atoms with van der Waals surface area (Å²) in [6, 6.07) is 5.45. The molecule has 2 aromatic rings. The highest BCUT2D eigenvalue weighted by molar-refractivity contribution is 7.88. The molecule has 1 fully saturated rings. The monoisotopic (exact) mass is 446 g/mol. The van der Waals surface area contributed by atoms with Gasteiger partial charge < -0.3 is 14.8 Å². The number of aromatic nitrogens is 3. The molecule has 3 heterocycles. The number of fused-ring (bicyclic) bond motifs is 1.